The van der Waals surface area contributed by atoms with E-state index in [0.29, 0.717) is 11.3 Å². The molecule has 0 aliphatic carbocycles. The number of rotatable bonds is 4. The zero-order valence-electron chi connectivity index (χ0n) is 15.7. The van der Waals surface area contributed by atoms with Crippen LogP contribution in [0.3, 0.4) is 0 Å². The molecule has 4 aromatic rings. The van der Waals surface area contributed by atoms with Gasteiger partial charge >= 0.3 is 0 Å². The molecule has 0 amide bonds. The molecule has 0 atom stereocenters. The molecule has 0 spiro atoms. The Bertz CT molecular complexity index is 1210. The van der Waals surface area contributed by atoms with E-state index >= 15 is 0 Å². The monoisotopic (exact) mass is 386 g/mol. The minimum atomic E-state index is -0.351. The smallest absolute Gasteiger partial charge is 0.168 e. The van der Waals surface area contributed by atoms with Crippen LogP contribution in [0.25, 0.3) is 21.9 Å². The average Bonchev–Trinajstić information content (AvgIpc) is 3.18. The highest BCUT2D eigenvalue weighted by atomic mass is 19.1. The molecule has 0 bridgehead atoms. The molecular weight excluding hydrogens is 367 g/mol. The fourth-order valence-electron chi connectivity index (χ4n) is 3.78. The number of carbonyl (C=O) groups is 1. The molecule has 0 fully saturated rings. The summed E-state index contributed by atoms with van der Waals surface area (Å²) < 4.78 is 15.1. The van der Waals surface area contributed by atoms with Gasteiger partial charge in [0.1, 0.15) is 5.82 Å². The quantitative estimate of drug-likeness (QED) is 0.543. The molecule has 5 nitrogen and oxygen atoms in total. The van der Waals surface area contributed by atoms with E-state index in [2.05, 4.69) is 32.2 Å². The third kappa shape index (κ3) is 3.43. The highest BCUT2D eigenvalue weighted by molar-refractivity contribution is 5.98. The van der Waals surface area contributed by atoms with Crippen molar-refractivity contribution in [2.24, 2.45) is 0 Å². The van der Waals surface area contributed by atoms with E-state index in [1.807, 2.05) is 18.3 Å². The third-order valence-electron chi connectivity index (χ3n) is 5.34. The van der Waals surface area contributed by atoms with Crippen molar-refractivity contribution < 1.29 is 9.18 Å². The first-order chi connectivity index (χ1) is 14.2. The highest BCUT2D eigenvalue weighted by Crippen LogP contribution is 2.28. The molecule has 144 valence electrons. The van der Waals surface area contributed by atoms with Crippen LogP contribution in [0.2, 0.25) is 0 Å². The van der Waals surface area contributed by atoms with Gasteiger partial charge in [0.25, 0.3) is 0 Å². The van der Waals surface area contributed by atoms with Crippen LogP contribution in [-0.4, -0.2) is 27.1 Å². The van der Waals surface area contributed by atoms with Gasteiger partial charge in [-0.25, -0.2) is 4.39 Å². The first-order valence-corrected chi connectivity index (χ1v) is 9.60. The molecule has 0 saturated carbocycles. The number of carbonyl (C=O) groups excluding carboxylic acids is 1. The number of halogens is 1. The topological polar surface area (TPSA) is 59.8 Å². The van der Waals surface area contributed by atoms with Gasteiger partial charge in [-0.15, -0.1) is 0 Å². The molecule has 6 heteroatoms. The molecule has 5 rings (SSSR count). The minimum Gasteiger partial charge on any atom is -0.309 e. The number of benzene rings is 2. The van der Waals surface area contributed by atoms with Crippen LogP contribution in [0.15, 0.2) is 60.9 Å². The van der Waals surface area contributed by atoms with Gasteiger partial charge in [-0.2, -0.15) is 5.10 Å². The Kier molecular flexibility index (Phi) is 4.41. The first-order valence-electron chi connectivity index (χ1n) is 9.60. The second-order valence-electron chi connectivity index (χ2n) is 7.25. The first kappa shape index (κ1) is 17.7. The van der Waals surface area contributed by atoms with Crippen LogP contribution >= 0.6 is 0 Å². The number of ketones is 1. The van der Waals surface area contributed by atoms with E-state index in [4.69, 9.17) is 0 Å². The van der Waals surface area contributed by atoms with Crippen molar-refractivity contribution in [3.63, 3.8) is 0 Å². The lowest BCUT2D eigenvalue weighted by Gasteiger charge is -2.16. The zero-order valence-corrected chi connectivity index (χ0v) is 15.7. The summed E-state index contributed by atoms with van der Waals surface area (Å²) in [5.74, 6) is -0.430. The number of fused-ring (bicyclic) bond motifs is 2. The van der Waals surface area contributed by atoms with E-state index in [9.17, 15) is 9.18 Å². The fraction of sp³-hybridized carbons (Fsp3) is 0.174. The maximum absolute atomic E-state index is 13.1. The van der Waals surface area contributed by atoms with Crippen LogP contribution in [-0.2, 0) is 19.5 Å². The predicted molar refractivity (Wildman–Crippen MR) is 109 cm³/mol. The van der Waals surface area contributed by atoms with Gasteiger partial charge in [0.15, 0.2) is 5.78 Å². The second-order valence-corrected chi connectivity index (χ2v) is 7.25. The van der Waals surface area contributed by atoms with E-state index in [-0.39, 0.29) is 18.0 Å². The molecular formula is C23H19FN4O. The fourth-order valence-corrected chi connectivity index (χ4v) is 3.78. The van der Waals surface area contributed by atoms with Crippen molar-refractivity contribution in [1.82, 2.24) is 20.1 Å². The Labute approximate surface area is 167 Å². The molecule has 29 heavy (non-hydrogen) atoms. The van der Waals surface area contributed by atoms with Crippen LogP contribution < -0.4 is 5.32 Å². The summed E-state index contributed by atoms with van der Waals surface area (Å²) >= 11 is 0. The standard InChI is InChI=1S/C23H19FN4O/c24-19-5-3-15(4-6-19)23(29)11-20-10-18-9-16(1-2-17(18)12-26-20)21-13-27-28-8-7-25-14-22(21)28/h1-6,9-10,12-13,25H,7-8,11,14H2. The Balaban J connectivity index is 1.46. The molecule has 1 N–H and O–H groups in total. The summed E-state index contributed by atoms with van der Waals surface area (Å²) in [5.41, 5.74) is 4.60. The van der Waals surface area contributed by atoms with Gasteiger partial charge < -0.3 is 5.32 Å². The van der Waals surface area contributed by atoms with Crippen LogP contribution in [0.5, 0.6) is 0 Å². The largest absolute Gasteiger partial charge is 0.309 e. The highest BCUT2D eigenvalue weighted by Gasteiger charge is 2.16. The Morgan fingerprint density at radius 3 is 2.79 bits per heavy atom. The second kappa shape index (κ2) is 7.22. The summed E-state index contributed by atoms with van der Waals surface area (Å²) in [5, 5.41) is 9.95. The summed E-state index contributed by atoms with van der Waals surface area (Å²) in [6.07, 6.45) is 3.89. The number of hydrogen-bond acceptors (Lipinski definition) is 4. The van der Waals surface area contributed by atoms with E-state index in [1.54, 1.807) is 6.20 Å². The number of nitrogens with one attached hydrogen (secondary N) is 1. The van der Waals surface area contributed by atoms with Crippen LogP contribution in [0, 0.1) is 5.82 Å². The van der Waals surface area contributed by atoms with Gasteiger partial charge in [0.2, 0.25) is 0 Å². The summed E-state index contributed by atoms with van der Waals surface area (Å²) in [7, 11) is 0. The lowest BCUT2D eigenvalue weighted by atomic mass is 10.0. The molecule has 0 radical (unpaired) electrons. The third-order valence-corrected chi connectivity index (χ3v) is 5.34. The van der Waals surface area contributed by atoms with Crippen LogP contribution in [0.4, 0.5) is 4.39 Å². The number of aromatic nitrogens is 3. The maximum Gasteiger partial charge on any atom is 0.168 e. The Morgan fingerprint density at radius 1 is 1.07 bits per heavy atom. The maximum atomic E-state index is 13.1. The summed E-state index contributed by atoms with van der Waals surface area (Å²) in [4.78, 5) is 16.9. The Morgan fingerprint density at radius 2 is 1.93 bits per heavy atom. The molecule has 2 aromatic carbocycles. The van der Waals surface area contributed by atoms with E-state index < -0.39 is 0 Å². The zero-order chi connectivity index (χ0) is 19.8. The summed E-state index contributed by atoms with van der Waals surface area (Å²) in [6.45, 7) is 2.62. The molecule has 1 aliphatic rings. The number of hydrogen-bond donors (Lipinski definition) is 1. The normalized spacial score (nSPS) is 13.4. The number of Topliss-reactive ketones (excluding diaryl/α,β-unsaturated/α-hetero) is 1. The Hall–Kier alpha value is -3.38. The molecule has 3 heterocycles. The van der Waals surface area contributed by atoms with Gasteiger partial charge in [0, 0.05) is 41.5 Å². The number of nitrogens with zero attached hydrogens (tertiary/aromatic N) is 3. The van der Waals surface area contributed by atoms with Gasteiger partial charge in [-0.3, -0.25) is 14.5 Å². The lowest BCUT2D eigenvalue weighted by molar-refractivity contribution is 0.0992. The van der Waals surface area contributed by atoms with Crippen molar-refractivity contribution >= 4 is 16.6 Å². The molecule has 2 aromatic heterocycles. The van der Waals surface area contributed by atoms with Crippen molar-refractivity contribution in [1.29, 1.82) is 0 Å². The van der Waals surface area contributed by atoms with Crippen molar-refractivity contribution in [2.75, 3.05) is 6.54 Å². The lowest BCUT2D eigenvalue weighted by Crippen LogP contribution is -2.28. The predicted octanol–water partition coefficient (Wildman–Crippen LogP) is 3.77. The summed E-state index contributed by atoms with van der Waals surface area (Å²) in [6, 6.07) is 13.8. The van der Waals surface area contributed by atoms with Gasteiger partial charge in [-0.05, 0) is 47.3 Å². The number of pyridine rings is 1. The van der Waals surface area contributed by atoms with Gasteiger partial charge in [-0.1, -0.05) is 12.1 Å². The SMILES string of the molecule is O=C(Cc1cc2cc(-c3cnn4c3CNCC4)ccc2cn1)c1ccc(F)cc1. The van der Waals surface area contributed by atoms with Crippen LogP contribution in [0.1, 0.15) is 21.7 Å². The van der Waals surface area contributed by atoms with Crippen molar-refractivity contribution in [3.8, 4) is 11.1 Å². The molecule has 0 unspecified atom stereocenters. The van der Waals surface area contributed by atoms with Gasteiger partial charge in [0.05, 0.1) is 24.9 Å². The molecule has 1 aliphatic heterocycles. The molecule has 0 saturated heterocycles. The van der Waals surface area contributed by atoms with Crippen molar-refractivity contribution in [3.05, 3.63) is 83.7 Å². The average molecular weight is 386 g/mol. The minimum absolute atomic E-state index is 0.0789. The van der Waals surface area contributed by atoms with E-state index in [0.717, 1.165) is 41.5 Å². The van der Waals surface area contributed by atoms with Crippen molar-refractivity contribution in [2.45, 2.75) is 19.5 Å². The van der Waals surface area contributed by atoms with E-state index in [1.165, 1.54) is 30.0 Å².